The fraction of sp³-hybridized carbons (Fsp3) is 0.182. The summed E-state index contributed by atoms with van der Waals surface area (Å²) in [6.45, 7) is 3.95. The summed E-state index contributed by atoms with van der Waals surface area (Å²) in [5.74, 6) is -0.497. The number of rotatable bonds is 4. The van der Waals surface area contributed by atoms with Gasteiger partial charge in [-0.2, -0.15) is 10.4 Å². The Morgan fingerprint density at radius 3 is 2.74 bits per heavy atom. The molecule has 0 fully saturated rings. The van der Waals surface area contributed by atoms with Gasteiger partial charge in [-0.15, -0.1) is 0 Å². The van der Waals surface area contributed by atoms with Gasteiger partial charge in [-0.1, -0.05) is 11.6 Å². The quantitative estimate of drug-likeness (QED) is 0.342. The SMILES string of the molecule is CCn1c(-c2ccc(C#N)c(F)c2)nc(C)c1C(=O)Oc1ccc2nn(C)c(Cl)c2c1. The number of hydrogen-bond donors (Lipinski definition) is 0. The summed E-state index contributed by atoms with van der Waals surface area (Å²) in [4.78, 5) is 17.5. The van der Waals surface area contributed by atoms with E-state index in [2.05, 4.69) is 10.1 Å². The van der Waals surface area contributed by atoms with Crippen LogP contribution in [-0.4, -0.2) is 25.3 Å². The Morgan fingerprint density at radius 1 is 1.29 bits per heavy atom. The van der Waals surface area contributed by atoms with Crippen molar-refractivity contribution < 1.29 is 13.9 Å². The Balaban J connectivity index is 1.71. The van der Waals surface area contributed by atoms with E-state index in [4.69, 9.17) is 21.6 Å². The van der Waals surface area contributed by atoms with Crippen LogP contribution in [0.2, 0.25) is 5.15 Å². The van der Waals surface area contributed by atoms with Gasteiger partial charge in [0.2, 0.25) is 0 Å². The molecular formula is C22H17ClFN5O2. The molecule has 2 aromatic heterocycles. The number of carbonyl (C=O) groups excluding carboxylic acids is 1. The molecule has 156 valence electrons. The molecular weight excluding hydrogens is 421 g/mol. The first-order valence-corrected chi connectivity index (χ1v) is 9.83. The van der Waals surface area contributed by atoms with Gasteiger partial charge in [0.15, 0.2) is 5.69 Å². The summed E-state index contributed by atoms with van der Waals surface area (Å²) in [5, 5.41) is 14.3. The highest BCUT2D eigenvalue weighted by Gasteiger charge is 2.23. The third-order valence-electron chi connectivity index (χ3n) is 4.94. The number of nitriles is 1. The van der Waals surface area contributed by atoms with Crippen LogP contribution >= 0.6 is 11.6 Å². The minimum atomic E-state index is -0.644. The van der Waals surface area contributed by atoms with Crippen LogP contribution in [0.15, 0.2) is 36.4 Å². The fourth-order valence-electron chi connectivity index (χ4n) is 3.47. The molecule has 4 aromatic rings. The number of halogens is 2. The zero-order valence-corrected chi connectivity index (χ0v) is 17.7. The lowest BCUT2D eigenvalue weighted by Crippen LogP contribution is -2.16. The number of ether oxygens (including phenoxy) is 1. The van der Waals surface area contributed by atoms with Crippen LogP contribution in [-0.2, 0) is 13.6 Å². The summed E-state index contributed by atoms with van der Waals surface area (Å²) in [6.07, 6.45) is 0. The first-order chi connectivity index (χ1) is 14.8. The third-order valence-corrected chi connectivity index (χ3v) is 5.39. The summed E-state index contributed by atoms with van der Waals surface area (Å²) in [7, 11) is 1.73. The molecule has 0 unspecified atom stereocenters. The number of imidazole rings is 1. The Bertz CT molecular complexity index is 1380. The lowest BCUT2D eigenvalue weighted by molar-refractivity contribution is 0.0723. The van der Waals surface area contributed by atoms with Crippen molar-refractivity contribution in [3.05, 3.63) is 64.3 Å². The molecule has 7 nitrogen and oxygen atoms in total. The van der Waals surface area contributed by atoms with Crippen molar-refractivity contribution in [2.24, 2.45) is 7.05 Å². The Labute approximate surface area is 182 Å². The third kappa shape index (κ3) is 3.53. The van der Waals surface area contributed by atoms with Gasteiger partial charge in [-0.05, 0) is 50.2 Å². The van der Waals surface area contributed by atoms with Crippen LogP contribution in [0, 0.1) is 24.1 Å². The van der Waals surface area contributed by atoms with Gasteiger partial charge >= 0.3 is 5.97 Å². The second-order valence-electron chi connectivity index (χ2n) is 6.90. The Hall–Kier alpha value is -3.70. The minimum absolute atomic E-state index is 0.0563. The highest BCUT2D eigenvalue weighted by Crippen LogP contribution is 2.29. The van der Waals surface area contributed by atoms with Crippen LogP contribution in [0.5, 0.6) is 5.75 Å². The van der Waals surface area contributed by atoms with E-state index < -0.39 is 11.8 Å². The van der Waals surface area contributed by atoms with Gasteiger partial charge in [-0.3, -0.25) is 4.68 Å². The van der Waals surface area contributed by atoms with E-state index in [1.807, 2.05) is 6.92 Å². The maximum atomic E-state index is 14.1. The maximum absolute atomic E-state index is 14.1. The van der Waals surface area contributed by atoms with Crippen molar-refractivity contribution in [1.29, 1.82) is 5.26 Å². The van der Waals surface area contributed by atoms with Crippen molar-refractivity contribution in [2.75, 3.05) is 0 Å². The minimum Gasteiger partial charge on any atom is -0.422 e. The van der Waals surface area contributed by atoms with E-state index in [9.17, 15) is 9.18 Å². The fourth-order valence-corrected chi connectivity index (χ4v) is 3.66. The average Bonchev–Trinajstić information content (AvgIpc) is 3.24. The standard InChI is InChI=1S/C22H17ClFN5O2/c1-4-29-19(12(2)26-21(29)13-5-6-14(11-25)17(24)9-13)22(30)31-15-7-8-18-16(10-15)20(23)28(3)27-18/h5-10H,4H2,1-3H3. The first-order valence-electron chi connectivity index (χ1n) is 9.45. The van der Waals surface area contributed by atoms with Gasteiger partial charge in [0, 0.05) is 24.5 Å². The number of benzene rings is 2. The molecule has 31 heavy (non-hydrogen) atoms. The molecule has 0 N–H and O–H groups in total. The van der Waals surface area contributed by atoms with E-state index in [-0.39, 0.29) is 11.3 Å². The van der Waals surface area contributed by atoms with E-state index >= 15 is 0 Å². The molecule has 0 bridgehead atoms. The zero-order valence-electron chi connectivity index (χ0n) is 17.0. The largest absolute Gasteiger partial charge is 0.422 e. The molecule has 0 saturated carbocycles. The van der Waals surface area contributed by atoms with Crippen LogP contribution in [0.1, 0.15) is 28.7 Å². The number of hydrogen-bond acceptors (Lipinski definition) is 5. The summed E-state index contributed by atoms with van der Waals surface area (Å²) in [6, 6.07) is 11.0. The number of esters is 1. The number of fused-ring (bicyclic) bond motifs is 1. The molecule has 0 spiro atoms. The molecule has 2 aromatic carbocycles. The van der Waals surface area contributed by atoms with Crippen molar-refractivity contribution in [2.45, 2.75) is 20.4 Å². The molecule has 0 saturated heterocycles. The smallest absolute Gasteiger partial charge is 0.362 e. The number of nitrogens with zero attached hydrogens (tertiary/aromatic N) is 5. The van der Waals surface area contributed by atoms with E-state index in [1.165, 1.54) is 16.8 Å². The van der Waals surface area contributed by atoms with Crippen LogP contribution in [0.25, 0.3) is 22.3 Å². The maximum Gasteiger partial charge on any atom is 0.362 e. The van der Waals surface area contributed by atoms with Crippen molar-refractivity contribution in [1.82, 2.24) is 19.3 Å². The Morgan fingerprint density at radius 2 is 2.06 bits per heavy atom. The second kappa shape index (κ2) is 7.85. The van der Waals surface area contributed by atoms with Gasteiger partial charge in [-0.25, -0.2) is 14.2 Å². The van der Waals surface area contributed by atoms with Crippen LogP contribution in [0.4, 0.5) is 4.39 Å². The molecule has 9 heteroatoms. The summed E-state index contributed by atoms with van der Waals surface area (Å²) >= 11 is 6.24. The van der Waals surface area contributed by atoms with Gasteiger partial charge in [0.25, 0.3) is 0 Å². The average molecular weight is 438 g/mol. The second-order valence-corrected chi connectivity index (χ2v) is 7.26. The van der Waals surface area contributed by atoms with Crippen LogP contribution < -0.4 is 4.74 Å². The molecule has 0 aliphatic rings. The van der Waals surface area contributed by atoms with E-state index in [0.29, 0.717) is 45.4 Å². The number of carbonyl (C=O) groups is 1. The van der Waals surface area contributed by atoms with Gasteiger partial charge in [0.05, 0.1) is 16.8 Å². The lowest BCUT2D eigenvalue weighted by Gasteiger charge is -2.10. The topological polar surface area (TPSA) is 85.7 Å². The predicted molar refractivity (Wildman–Crippen MR) is 113 cm³/mol. The Kier molecular flexibility index (Phi) is 5.21. The highest BCUT2D eigenvalue weighted by molar-refractivity contribution is 6.34. The molecule has 0 aliphatic heterocycles. The van der Waals surface area contributed by atoms with Gasteiger partial charge < -0.3 is 9.30 Å². The molecule has 0 aliphatic carbocycles. The number of aromatic nitrogens is 4. The number of aryl methyl sites for hydroxylation is 2. The zero-order chi connectivity index (χ0) is 22.3. The molecule has 0 radical (unpaired) electrons. The van der Waals surface area contributed by atoms with Crippen molar-refractivity contribution >= 4 is 28.5 Å². The van der Waals surface area contributed by atoms with E-state index in [1.54, 1.807) is 48.9 Å². The van der Waals surface area contributed by atoms with Crippen molar-refractivity contribution in [3.63, 3.8) is 0 Å². The predicted octanol–water partition coefficient (Wildman–Crippen LogP) is 4.65. The lowest BCUT2D eigenvalue weighted by atomic mass is 10.1. The van der Waals surface area contributed by atoms with E-state index in [0.717, 1.165) is 0 Å². The molecule has 0 amide bonds. The van der Waals surface area contributed by atoms with Crippen molar-refractivity contribution in [3.8, 4) is 23.2 Å². The van der Waals surface area contributed by atoms with Crippen LogP contribution in [0.3, 0.4) is 0 Å². The first kappa shape index (κ1) is 20.6. The van der Waals surface area contributed by atoms with Gasteiger partial charge in [0.1, 0.15) is 28.6 Å². The molecule has 2 heterocycles. The monoisotopic (exact) mass is 437 g/mol. The summed E-state index contributed by atoms with van der Waals surface area (Å²) < 4.78 is 22.9. The summed E-state index contributed by atoms with van der Waals surface area (Å²) in [5.41, 5.74) is 1.81. The molecule has 4 rings (SSSR count). The highest BCUT2D eigenvalue weighted by atomic mass is 35.5. The molecule has 0 atom stereocenters. The normalized spacial score (nSPS) is 11.0.